The second kappa shape index (κ2) is 4.60. The summed E-state index contributed by atoms with van der Waals surface area (Å²) in [5.41, 5.74) is 1.19. The van der Waals surface area contributed by atoms with Crippen molar-refractivity contribution in [2.75, 3.05) is 13.1 Å². The minimum atomic E-state index is 0.341. The Morgan fingerprint density at radius 2 is 2.13 bits per heavy atom. The van der Waals surface area contributed by atoms with E-state index in [1.807, 2.05) is 0 Å². The largest absolute Gasteiger partial charge is 0.373 e. The van der Waals surface area contributed by atoms with Gasteiger partial charge in [-0.25, -0.2) is 4.98 Å². The molecule has 1 aliphatic rings. The van der Waals surface area contributed by atoms with Crippen LogP contribution in [0.25, 0.3) is 0 Å². The molecule has 0 amide bonds. The van der Waals surface area contributed by atoms with Gasteiger partial charge in [0.25, 0.3) is 0 Å². The van der Waals surface area contributed by atoms with E-state index in [9.17, 15) is 0 Å². The van der Waals surface area contributed by atoms with E-state index in [-0.39, 0.29) is 0 Å². The number of aryl methyl sites for hydroxylation is 1. The van der Waals surface area contributed by atoms with Crippen LogP contribution in [-0.2, 0) is 11.3 Å². The lowest BCUT2D eigenvalue weighted by Crippen LogP contribution is -2.44. The molecule has 1 aliphatic heterocycles. The predicted molar refractivity (Wildman–Crippen MR) is 62.1 cm³/mol. The fourth-order valence-corrected chi connectivity index (χ4v) is 2.73. The fraction of sp³-hybridized carbons (Fsp3) is 0.727. The zero-order chi connectivity index (χ0) is 10.8. The molecule has 84 valence electrons. The van der Waals surface area contributed by atoms with Crippen LogP contribution in [-0.4, -0.2) is 35.2 Å². The van der Waals surface area contributed by atoms with Crippen LogP contribution in [0.4, 0.5) is 0 Å². The van der Waals surface area contributed by atoms with E-state index >= 15 is 0 Å². The molecule has 0 N–H and O–H groups in total. The van der Waals surface area contributed by atoms with Crippen molar-refractivity contribution < 1.29 is 4.74 Å². The van der Waals surface area contributed by atoms with E-state index in [2.05, 4.69) is 36.0 Å². The standard InChI is InChI=1S/C11H18N2OS/c1-8-4-13(5-9(2)14-8)6-11-7-15-10(3)12-11/h7-9H,4-6H2,1-3H3. The second-order valence-electron chi connectivity index (χ2n) is 4.31. The van der Waals surface area contributed by atoms with Gasteiger partial charge < -0.3 is 4.74 Å². The lowest BCUT2D eigenvalue weighted by atomic mass is 10.2. The van der Waals surface area contributed by atoms with Crippen LogP contribution >= 0.6 is 11.3 Å². The molecule has 4 heteroatoms. The Balaban J connectivity index is 1.94. The highest BCUT2D eigenvalue weighted by Gasteiger charge is 2.22. The van der Waals surface area contributed by atoms with Crippen LogP contribution < -0.4 is 0 Å². The van der Waals surface area contributed by atoms with Gasteiger partial charge in [-0.05, 0) is 20.8 Å². The zero-order valence-corrected chi connectivity index (χ0v) is 10.4. The molecule has 0 radical (unpaired) electrons. The number of hydrogen-bond acceptors (Lipinski definition) is 4. The number of hydrogen-bond donors (Lipinski definition) is 0. The van der Waals surface area contributed by atoms with Gasteiger partial charge in [0.05, 0.1) is 22.9 Å². The van der Waals surface area contributed by atoms with Gasteiger partial charge in [0.15, 0.2) is 0 Å². The molecule has 0 spiro atoms. The van der Waals surface area contributed by atoms with Crippen LogP contribution in [0.15, 0.2) is 5.38 Å². The first-order chi connectivity index (χ1) is 7.13. The van der Waals surface area contributed by atoms with Gasteiger partial charge in [-0.2, -0.15) is 0 Å². The minimum Gasteiger partial charge on any atom is -0.373 e. The molecule has 2 heterocycles. The van der Waals surface area contributed by atoms with Crippen molar-refractivity contribution in [3.8, 4) is 0 Å². The Morgan fingerprint density at radius 1 is 1.47 bits per heavy atom. The predicted octanol–water partition coefficient (Wildman–Crippen LogP) is 2.06. The molecule has 1 aromatic rings. The third-order valence-corrected chi connectivity index (χ3v) is 3.37. The Morgan fingerprint density at radius 3 is 2.67 bits per heavy atom. The van der Waals surface area contributed by atoms with E-state index in [4.69, 9.17) is 4.74 Å². The quantitative estimate of drug-likeness (QED) is 0.772. The Kier molecular flexibility index (Phi) is 3.38. The molecule has 15 heavy (non-hydrogen) atoms. The van der Waals surface area contributed by atoms with Crippen LogP contribution in [0.1, 0.15) is 24.5 Å². The summed E-state index contributed by atoms with van der Waals surface area (Å²) in [6.07, 6.45) is 0.682. The molecule has 2 rings (SSSR count). The van der Waals surface area contributed by atoms with Crippen LogP contribution in [0.3, 0.4) is 0 Å². The molecule has 0 aromatic carbocycles. The van der Waals surface area contributed by atoms with Gasteiger partial charge in [0.2, 0.25) is 0 Å². The smallest absolute Gasteiger partial charge is 0.0897 e. The lowest BCUT2D eigenvalue weighted by molar-refractivity contribution is -0.0707. The normalized spacial score (nSPS) is 28.2. The zero-order valence-electron chi connectivity index (χ0n) is 9.56. The van der Waals surface area contributed by atoms with Crippen LogP contribution in [0, 0.1) is 6.92 Å². The molecule has 1 fully saturated rings. The first-order valence-corrected chi connectivity index (χ1v) is 6.30. The Bertz CT molecular complexity index is 316. The molecule has 0 saturated carbocycles. The van der Waals surface area contributed by atoms with E-state index in [0.717, 1.165) is 24.6 Å². The number of ether oxygens (including phenoxy) is 1. The van der Waals surface area contributed by atoms with Crippen molar-refractivity contribution in [1.82, 2.24) is 9.88 Å². The van der Waals surface area contributed by atoms with Crippen molar-refractivity contribution in [2.45, 2.75) is 39.5 Å². The molecule has 1 aromatic heterocycles. The monoisotopic (exact) mass is 226 g/mol. The molecule has 1 saturated heterocycles. The summed E-state index contributed by atoms with van der Waals surface area (Å²) in [5.74, 6) is 0. The topological polar surface area (TPSA) is 25.4 Å². The fourth-order valence-electron chi connectivity index (χ4n) is 2.12. The van der Waals surface area contributed by atoms with E-state index in [1.54, 1.807) is 11.3 Å². The third kappa shape index (κ3) is 3.00. The van der Waals surface area contributed by atoms with Gasteiger partial charge in [0.1, 0.15) is 0 Å². The van der Waals surface area contributed by atoms with Gasteiger partial charge in [-0.15, -0.1) is 11.3 Å². The average Bonchev–Trinajstić information content (AvgIpc) is 2.49. The molecule has 2 unspecified atom stereocenters. The number of thiazole rings is 1. The summed E-state index contributed by atoms with van der Waals surface area (Å²) < 4.78 is 5.70. The average molecular weight is 226 g/mol. The second-order valence-corrected chi connectivity index (χ2v) is 5.37. The first-order valence-electron chi connectivity index (χ1n) is 5.42. The maximum Gasteiger partial charge on any atom is 0.0897 e. The first kappa shape index (κ1) is 11.0. The summed E-state index contributed by atoms with van der Waals surface area (Å²) in [4.78, 5) is 6.91. The van der Waals surface area contributed by atoms with Gasteiger partial charge >= 0.3 is 0 Å². The number of morpholine rings is 1. The highest BCUT2D eigenvalue weighted by molar-refractivity contribution is 7.09. The van der Waals surface area contributed by atoms with Crippen molar-refractivity contribution in [1.29, 1.82) is 0 Å². The van der Waals surface area contributed by atoms with Gasteiger partial charge in [-0.1, -0.05) is 0 Å². The van der Waals surface area contributed by atoms with Crippen molar-refractivity contribution in [2.24, 2.45) is 0 Å². The SMILES string of the molecule is Cc1nc(CN2CC(C)OC(C)C2)cs1. The van der Waals surface area contributed by atoms with Crippen molar-refractivity contribution in [3.63, 3.8) is 0 Å². The lowest BCUT2D eigenvalue weighted by Gasteiger charge is -2.34. The molecule has 2 atom stereocenters. The summed E-state index contributed by atoms with van der Waals surface area (Å²) in [6, 6.07) is 0. The Hall–Kier alpha value is -0.450. The molecule has 0 bridgehead atoms. The molecular formula is C11H18N2OS. The highest BCUT2D eigenvalue weighted by atomic mass is 32.1. The minimum absolute atomic E-state index is 0.341. The van der Waals surface area contributed by atoms with Crippen molar-refractivity contribution in [3.05, 3.63) is 16.1 Å². The highest BCUT2D eigenvalue weighted by Crippen LogP contribution is 2.15. The summed E-state index contributed by atoms with van der Waals surface area (Å²) in [6.45, 7) is 9.31. The number of nitrogens with zero attached hydrogens (tertiary/aromatic N) is 2. The number of aromatic nitrogens is 1. The van der Waals surface area contributed by atoms with Crippen molar-refractivity contribution >= 4 is 11.3 Å². The molecule has 3 nitrogen and oxygen atoms in total. The Labute approximate surface area is 95.1 Å². The molecular weight excluding hydrogens is 208 g/mol. The summed E-state index contributed by atoms with van der Waals surface area (Å²) >= 11 is 1.73. The van der Waals surface area contributed by atoms with E-state index < -0.39 is 0 Å². The van der Waals surface area contributed by atoms with Crippen LogP contribution in [0.5, 0.6) is 0 Å². The summed E-state index contributed by atoms with van der Waals surface area (Å²) in [5, 5.41) is 3.31. The maximum atomic E-state index is 5.70. The van der Waals surface area contributed by atoms with Crippen LogP contribution in [0.2, 0.25) is 0 Å². The summed E-state index contributed by atoms with van der Waals surface area (Å²) in [7, 11) is 0. The van der Waals surface area contributed by atoms with E-state index in [1.165, 1.54) is 5.69 Å². The number of rotatable bonds is 2. The maximum absolute atomic E-state index is 5.70. The van der Waals surface area contributed by atoms with Gasteiger partial charge in [0, 0.05) is 25.0 Å². The van der Waals surface area contributed by atoms with E-state index in [0.29, 0.717) is 12.2 Å². The molecule has 0 aliphatic carbocycles. The van der Waals surface area contributed by atoms with Gasteiger partial charge in [-0.3, -0.25) is 4.90 Å². The third-order valence-electron chi connectivity index (χ3n) is 2.55.